The van der Waals surface area contributed by atoms with E-state index in [0.29, 0.717) is 18.0 Å². The van der Waals surface area contributed by atoms with E-state index in [1.807, 2.05) is 13.0 Å². The lowest BCUT2D eigenvalue weighted by Gasteiger charge is -2.18. The molecule has 1 atom stereocenters. The maximum atomic E-state index is 12.3. The molecule has 8 heteroatoms. The molecule has 1 unspecified atom stereocenters. The molecule has 1 aromatic rings. The molecular weight excluding hydrogens is 336 g/mol. The largest absolute Gasteiger partial charge is 0.495 e. The van der Waals surface area contributed by atoms with Crippen molar-refractivity contribution in [2.24, 2.45) is 0 Å². The van der Waals surface area contributed by atoms with Crippen molar-refractivity contribution < 1.29 is 24.0 Å². The van der Waals surface area contributed by atoms with Crippen molar-refractivity contribution in [3.8, 4) is 5.75 Å². The summed E-state index contributed by atoms with van der Waals surface area (Å²) in [5, 5.41) is 7.83. The first-order chi connectivity index (χ1) is 12.5. The lowest BCUT2D eigenvalue weighted by Crippen LogP contribution is -3.14. The zero-order valence-corrected chi connectivity index (χ0v) is 15.3. The molecular formula is C18H27N4O4+. The molecule has 26 heavy (non-hydrogen) atoms. The molecule has 4 N–H and O–H groups in total. The molecule has 8 nitrogen and oxygen atoms in total. The Morgan fingerprint density at radius 1 is 1.15 bits per heavy atom. The summed E-state index contributed by atoms with van der Waals surface area (Å²) in [5.74, 6) is -0.0303. The van der Waals surface area contributed by atoms with E-state index >= 15 is 0 Å². The van der Waals surface area contributed by atoms with Gasteiger partial charge in [0.15, 0.2) is 13.1 Å². The van der Waals surface area contributed by atoms with Crippen LogP contribution in [0.25, 0.3) is 0 Å². The molecule has 0 saturated heterocycles. The van der Waals surface area contributed by atoms with Crippen molar-refractivity contribution >= 4 is 23.5 Å². The third-order valence-corrected chi connectivity index (χ3v) is 3.97. The van der Waals surface area contributed by atoms with Crippen LogP contribution in [0.2, 0.25) is 0 Å². The number of urea groups is 1. The fraction of sp³-hybridized carbons (Fsp3) is 0.500. The maximum Gasteiger partial charge on any atom is 0.321 e. The van der Waals surface area contributed by atoms with E-state index in [1.54, 1.807) is 18.2 Å². The van der Waals surface area contributed by atoms with E-state index in [2.05, 4.69) is 16.0 Å². The van der Waals surface area contributed by atoms with Crippen LogP contribution in [0.3, 0.4) is 0 Å². The number of amides is 4. The van der Waals surface area contributed by atoms with Crippen LogP contribution in [0, 0.1) is 0 Å². The van der Waals surface area contributed by atoms with Crippen LogP contribution in [0.5, 0.6) is 5.75 Å². The van der Waals surface area contributed by atoms with Crippen molar-refractivity contribution in [3.63, 3.8) is 0 Å². The highest BCUT2D eigenvalue weighted by Gasteiger charge is 2.25. The SMILES string of the molecule is CCC[NH+](CC(=O)NC(=O)NC1CC1)CC(=O)Nc1ccccc1OC. The van der Waals surface area contributed by atoms with Gasteiger partial charge in [-0.25, -0.2) is 4.79 Å². The van der Waals surface area contributed by atoms with Crippen LogP contribution in [-0.2, 0) is 9.59 Å². The fourth-order valence-corrected chi connectivity index (χ4v) is 2.61. The molecule has 1 aliphatic carbocycles. The standard InChI is InChI=1S/C18H26N4O4/c1-3-10-22(12-17(24)21-18(25)19-13-8-9-13)11-16(23)20-14-6-4-5-7-15(14)26-2/h4-7,13H,3,8-12H2,1-2H3,(H,20,23)(H2,19,21,24,25)/p+1. The van der Waals surface area contributed by atoms with Gasteiger partial charge in [0.1, 0.15) is 5.75 Å². The summed E-state index contributed by atoms with van der Waals surface area (Å²) in [6.07, 6.45) is 2.73. The van der Waals surface area contributed by atoms with Gasteiger partial charge in [-0.3, -0.25) is 14.9 Å². The van der Waals surface area contributed by atoms with Gasteiger partial charge in [0, 0.05) is 6.04 Å². The predicted octanol–water partition coefficient (Wildman–Crippen LogP) is -0.0832. The molecule has 1 aromatic carbocycles. The number of ether oxygens (including phenoxy) is 1. The molecule has 0 aromatic heterocycles. The van der Waals surface area contributed by atoms with Crippen LogP contribution in [0.4, 0.5) is 10.5 Å². The van der Waals surface area contributed by atoms with Gasteiger partial charge >= 0.3 is 6.03 Å². The second-order valence-corrected chi connectivity index (χ2v) is 6.40. The first kappa shape index (κ1) is 19.7. The summed E-state index contributed by atoms with van der Waals surface area (Å²) in [6, 6.07) is 6.87. The lowest BCUT2D eigenvalue weighted by molar-refractivity contribution is -0.883. The number of para-hydroxylation sites is 2. The Bertz CT molecular complexity index is 646. The Balaban J connectivity index is 1.84. The number of methoxy groups -OCH3 is 1. The third kappa shape index (κ3) is 6.72. The Hall–Kier alpha value is -2.61. The van der Waals surface area contributed by atoms with Gasteiger partial charge in [-0.2, -0.15) is 0 Å². The number of hydrogen-bond donors (Lipinski definition) is 4. The molecule has 142 valence electrons. The molecule has 0 radical (unpaired) electrons. The smallest absolute Gasteiger partial charge is 0.321 e. The molecule has 1 saturated carbocycles. The molecule has 2 rings (SSSR count). The predicted molar refractivity (Wildman–Crippen MR) is 97.2 cm³/mol. The Morgan fingerprint density at radius 2 is 1.85 bits per heavy atom. The quantitative estimate of drug-likeness (QED) is 0.493. The van der Waals surface area contributed by atoms with Crippen LogP contribution in [-0.4, -0.2) is 50.6 Å². The number of hydrogen-bond acceptors (Lipinski definition) is 4. The van der Waals surface area contributed by atoms with Crippen molar-refractivity contribution in [3.05, 3.63) is 24.3 Å². The van der Waals surface area contributed by atoms with E-state index in [0.717, 1.165) is 24.2 Å². The summed E-state index contributed by atoms with van der Waals surface area (Å²) < 4.78 is 5.21. The molecule has 1 fully saturated rings. The van der Waals surface area contributed by atoms with E-state index in [9.17, 15) is 14.4 Å². The number of benzene rings is 1. The van der Waals surface area contributed by atoms with Gasteiger partial charge in [0.05, 0.1) is 19.3 Å². The van der Waals surface area contributed by atoms with Crippen molar-refractivity contribution in [1.29, 1.82) is 0 Å². The zero-order valence-electron chi connectivity index (χ0n) is 15.3. The number of anilines is 1. The minimum absolute atomic E-state index is 0.0608. The summed E-state index contributed by atoms with van der Waals surface area (Å²) >= 11 is 0. The van der Waals surface area contributed by atoms with Crippen LogP contribution in [0.15, 0.2) is 24.3 Å². The maximum absolute atomic E-state index is 12.3. The molecule has 0 aliphatic heterocycles. The number of nitrogens with one attached hydrogen (secondary N) is 4. The minimum Gasteiger partial charge on any atom is -0.495 e. The Labute approximate surface area is 153 Å². The Morgan fingerprint density at radius 3 is 2.50 bits per heavy atom. The number of imide groups is 1. The lowest BCUT2D eigenvalue weighted by atomic mass is 10.3. The Kier molecular flexibility index (Phi) is 7.40. The van der Waals surface area contributed by atoms with Gasteiger partial charge in [-0.1, -0.05) is 19.1 Å². The van der Waals surface area contributed by atoms with E-state index in [1.165, 1.54) is 7.11 Å². The van der Waals surface area contributed by atoms with Crippen LogP contribution < -0.4 is 25.6 Å². The molecule has 0 spiro atoms. The summed E-state index contributed by atoms with van der Waals surface area (Å²) in [5.41, 5.74) is 0.587. The second-order valence-electron chi connectivity index (χ2n) is 6.40. The minimum atomic E-state index is -0.466. The monoisotopic (exact) mass is 363 g/mol. The van der Waals surface area contributed by atoms with Gasteiger partial charge in [0.25, 0.3) is 11.8 Å². The van der Waals surface area contributed by atoms with Crippen LogP contribution in [0.1, 0.15) is 26.2 Å². The van der Waals surface area contributed by atoms with E-state index in [4.69, 9.17) is 4.74 Å². The normalized spacial score (nSPS) is 14.2. The highest BCUT2D eigenvalue weighted by molar-refractivity contribution is 5.95. The average Bonchev–Trinajstić information content (AvgIpc) is 3.39. The zero-order chi connectivity index (χ0) is 18.9. The number of carbonyl (C=O) groups is 3. The van der Waals surface area contributed by atoms with Gasteiger partial charge in [0.2, 0.25) is 0 Å². The number of carbonyl (C=O) groups excluding carboxylic acids is 3. The van der Waals surface area contributed by atoms with Gasteiger partial charge < -0.3 is 20.3 Å². The fourth-order valence-electron chi connectivity index (χ4n) is 2.61. The number of quaternary nitrogens is 1. The topological polar surface area (TPSA) is 101 Å². The van der Waals surface area contributed by atoms with E-state index < -0.39 is 11.9 Å². The number of rotatable bonds is 9. The van der Waals surface area contributed by atoms with Gasteiger partial charge in [-0.05, 0) is 31.4 Å². The first-order valence-electron chi connectivity index (χ1n) is 8.88. The van der Waals surface area contributed by atoms with Gasteiger partial charge in [-0.15, -0.1) is 0 Å². The highest BCUT2D eigenvalue weighted by atomic mass is 16.5. The first-order valence-corrected chi connectivity index (χ1v) is 8.88. The molecule has 4 amide bonds. The van der Waals surface area contributed by atoms with Crippen molar-refractivity contribution in [2.45, 2.75) is 32.2 Å². The molecule has 0 heterocycles. The molecule has 0 bridgehead atoms. The molecule has 1 aliphatic rings. The highest BCUT2D eigenvalue weighted by Crippen LogP contribution is 2.22. The van der Waals surface area contributed by atoms with E-state index in [-0.39, 0.29) is 25.0 Å². The average molecular weight is 363 g/mol. The van der Waals surface area contributed by atoms with Crippen molar-refractivity contribution in [1.82, 2.24) is 10.6 Å². The van der Waals surface area contributed by atoms with Crippen molar-refractivity contribution in [2.75, 3.05) is 32.1 Å². The summed E-state index contributed by atoms with van der Waals surface area (Å²) in [6.45, 7) is 2.82. The third-order valence-electron chi connectivity index (χ3n) is 3.97. The summed E-state index contributed by atoms with van der Waals surface area (Å²) in [4.78, 5) is 36.8. The second kappa shape index (κ2) is 9.76. The summed E-state index contributed by atoms with van der Waals surface area (Å²) in [7, 11) is 1.54. The van der Waals surface area contributed by atoms with Crippen LogP contribution >= 0.6 is 0 Å².